The molecule has 88 valence electrons. The van der Waals surface area contributed by atoms with Gasteiger partial charge in [-0.2, -0.15) is 0 Å². The van der Waals surface area contributed by atoms with Crippen LogP contribution in [0.25, 0.3) is 0 Å². The summed E-state index contributed by atoms with van der Waals surface area (Å²) in [4.78, 5) is 29.6. The Kier molecular flexibility index (Phi) is 2.73. The third kappa shape index (κ3) is 1.94. The first kappa shape index (κ1) is 11.4. The molecule has 17 heavy (non-hydrogen) atoms. The number of aromatic amines is 2. The summed E-state index contributed by atoms with van der Waals surface area (Å²) in [5.74, 6) is 2.40. The van der Waals surface area contributed by atoms with Crippen molar-refractivity contribution in [3.63, 3.8) is 0 Å². The van der Waals surface area contributed by atoms with Crippen LogP contribution >= 0.6 is 12.2 Å². The van der Waals surface area contributed by atoms with E-state index in [2.05, 4.69) is 15.9 Å². The van der Waals surface area contributed by atoms with Gasteiger partial charge < -0.3 is 10.7 Å². The first-order valence-electron chi connectivity index (χ1n) is 4.91. The summed E-state index contributed by atoms with van der Waals surface area (Å²) >= 11 is 4.83. The highest BCUT2D eigenvalue weighted by atomic mass is 32.1. The number of hydrogen-bond acceptors (Lipinski definition) is 4. The van der Waals surface area contributed by atoms with E-state index in [4.69, 9.17) is 24.4 Å². The lowest BCUT2D eigenvalue weighted by atomic mass is 10.1. The molecule has 6 nitrogen and oxygen atoms in total. The first-order chi connectivity index (χ1) is 8.02. The fourth-order valence-electron chi connectivity index (χ4n) is 1.73. The number of anilines is 2. The maximum Gasteiger partial charge on any atom is 0.277 e. The van der Waals surface area contributed by atoms with Gasteiger partial charge in [0.15, 0.2) is 4.77 Å². The number of aromatic nitrogens is 2. The quantitative estimate of drug-likeness (QED) is 0.483. The van der Waals surface area contributed by atoms with Crippen LogP contribution < -0.4 is 16.2 Å². The van der Waals surface area contributed by atoms with E-state index in [1.165, 1.54) is 4.90 Å². The molecule has 0 aliphatic carbocycles. The van der Waals surface area contributed by atoms with E-state index in [9.17, 15) is 9.59 Å². The number of amides is 1. The number of H-pyrrole nitrogens is 2. The Balaban J connectivity index is 2.49. The number of carbonyl (C=O) groups excluding carboxylic acids is 1. The third-order valence-corrected chi connectivity index (χ3v) is 2.79. The minimum Gasteiger partial charge on any atom is -0.391 e. The van der Waals surface area contributed by atoms with Gasteiger partial charge in [0.2, 0.25) is 5.91 Å². The van der Waals surface area contributed by atoms with Crippen LogP contribution in [0.2, 0.25) is 0 Å². The average Bonchev–Trinajstić information content (AvgIpc) is 2.65. The van der Waals surface area contributed by atoms with Crippen LogP contribution in [0.1, 0.15) is 6.42 Å². The SMILES string of the molecule is C#CC1CC(=O)N(c2[nH]c(=S)[nH]c(=O)c2N)C1. The largest absolute Gasteiger partial charge is 0.391 e. The van der Waals surface area contributed by atoms with E-state index in [-0.39, 0.29) is 34.5 Å². The molecule has 0 aromatic carbocycles. The molecule has 1 fully saturated rings. The lowest BCUT2D eigenvalue weighted by Gasteiger charge is -2.16. The highest BCUT2D eigenvalue weighted by Crippen LogP contribution is 2.25. The van der Waals surface area contributed by atoms with Gasteiger partial charge in [-0.05, 0) is 12.2 Å². The molecule has 1 aliphatic rings. The van der Waals surface area contributed by atoms with Gasteiger partial charge in [0, 0.05) is 18.9 Å². The molecule has 1 amide bonds. The predicted molar refractivity (Wildman–Crippen MR) is 66.0 cm³/mol. The third-order valence-electron chi connectivity index (χ3n) is 2.59. The zero-order chi connectivity index (χ0) is 12.6. The summed E-state index contributed by atoms with van der Waals surface area (Å²) in [5.41, 5.74) is 5.04. The van der Waals surface area contributed by atoms with Crippen molar-refractivity contribution in [3.8, 4) is 12.3 Å². The van der Waals surface area contributed by atoms with E-state index >= 15 is 0 Å². The Morgan fingerprint density at radius 2 is 2.18 bits per heavy atom. The number of rotatable bonds is 1. The molecule has 0 bridgehead atoms. The molecule has 1 atom stereocenters. The van der Waals surface area contributed by atoms with Crippen LogP contribution in [0.3, 0.4) is 0 Å². The average molecular weight is 250 g/mol. The van der Waals surface area contributed by atoms with E-state index in [0.717, 1.165) is 0 Å². The maximum absolute atomic E-state index is 11.7. The van der Waals surface area contributed by atoms with Gasteiger partial charge in [0.05, 0.1) is 0 Å². The van der Waals surface area contributed by atoms with Crippen LogP contribution in [-0.4, -0.2) is 22.4 Å². The summed E-state index contributed by atoms with van der Waals surface area (Å²) in [5, 5.41) is 0. The second-order valence-corrected chi connectivity index (χ2v) is 4.15. The van der Waals surface area contributed by atoms with Crippen molar-refractivity contribution in [2.45, 2.75) is 6.42 Å². The zero-order valence-electron chi connectivity index (χ0n) is 8.82. The fraction of sp³-hybridized carbons (Fsp3) is 0.300. The lowest BCUT2D eigenvalue weighted by molar-refractivity contribution is -0.117. The number of terminal acetylenes is 1. The molecule has 2 heterocycles. The van der Waals surface area contributed by atoms with Crippen LogP contribution in [0.4, 0.5) is 11.5 Å². The van der Waals surface area contributed by atoms with E-state index < -0.39 is 5.56 Å². The molecule has 0 radical (unpaired) electrons. The van der Waals surface area contributed by atoms with Gasteiger partial charge in [0.1, 0.15) is 11.5 Å². The van der Waals surface area contributed by atoms with Crippen molar-refractivity contribution < 1.29 is 4.79 Å². The van der Waals surface area contributed by atoms with Crippen LogP contribution in [0.5, 0.6) is 0 Å². The second kappa shape index (κ2) is 4.07. The Bertz CT molecular complexity index is 624. The van der Waals surface area contributed by atoms with Crippen LogP contribution in [0, 0.1) is 23.0 Å². The van der Waals surface area contributed by atoms with E-state index in [1.807, 2.05) is 0 Å². The fourth-order valence-corrected chi connectivity index (χ4v) is 1.92. The van der Waals surface area contributed by atoms with Crippen LogP contribution in [-0.2, 0) is 4.79 Å². The van der Waals surface area contributed by atoms with Gasteiger partial charge >= 0.3 is 0 Å². The van der Waals surface area contributed by atoms with Crippen molar-refractivity contribution in [1.82, 2.24) is 9.97 Å². The topological polar surface area (TPSA) is 95.0 Å². The monoisotopic (exact) mass is 250 g/mol. The summed E-state index contributed by atoms with van der Waals surface area (Å²) in [6.45, 7) is 0.342. The summed E-state index contributed by atoms with van der Waals surface area (Å²) in [6, 6.07) is 0. The molecule has 0 saturated carbocycles. The molecule has 1 unspecified atom stereocenters. The molecule has 4 N–H and O–H groups in total. The number of nitrogen functional groups attached to an aromatic ring is 1. The van der Waals surface area contributed by atoms with Crippen molar-refractivity contribution in [2.75, 3.05) is 17.2 Å². The Morgan fingerprint density at radius 3 is 2.76 bits per heavy atom. The minimum atomic E-state index is -0.513. The van der Waals surface area contributed by atoms with Gasteiger partial charge in [-0.1, -0.05) is 0 Å². The summed E-state index contributed by atoms with van der Waals surface area (Å²) < 4.78 is 0.121. The first-order valence-corrected chi connectivity index (χ1v) is 5.32. The lowest BCUT2D eigenvalue weighted by Crippen LogP contribution is -2.29. The normalized spacial score (nSPS) is 19.4. The molecular weight excluding hydrogens is 240 g/mol. The highest BCUT2D eigenvalue weighted by Gasteiger charge is 2.31. The predicted octanol–water partition coefficient (Wildman–Crippen LogP) is 0.000790. The molecule has 1 saturated heterocycles. The van der Waals surface area contributed by atoms with Gasteiger partial charge in [0.25, 0.3) is 5.56 Å². The number of nitrogens with one attached hydrogen (secondary N) is 2. The molecule has 1 aromatic rings. The van der Waals surface area contributed by atoms with Crippen molar-refractivity contribution in [2.24, 2.45) is 5.92 Å². The van der Waals surface area contributed by atoms with E-state index in [1.54, 1.807) is 0 Å². The van der Waals surface area contributed by atoms with Gasteiger partial charge in [-0.25, -0.2) is 0 Å². The van der Waals surface area contributed by atoms with Crippen molar-refractivity contribution >= 4 is 29.6 Å². The Morgan fingerprint density at radius 1 is 1.47 bits per heavy atom. The minimum absolute atomic E-state index is 0.0652. The molecule has 1 aliphatic heterocycles. The molecular formula is C10H10N4O2S. The summed E-state index contributed by atoms with van der Waals surface area (Å²) in [6.07, 6.45) is 5.53. The van der Waals surface area contributed by atoms with Crippen molar-refractivity contribution in [3.05, 3.63) is 15.1 Å². The molecule has 7 heteroatoms. The number of nitrogens with zero attached hydrogens (tertiary/aromatic N) is 1. The Labute approximate surface area is 102 Å². The number of hydrogen-bond donors (Lipinski definition) is 3. The number of nitrogens with two attached hydrogens (primary N) is 1. The molecule has 2 rings (SSSR count). The second-order valence-electron chi connectivity index (χ2n) is 3.74. The highest BCUT2D eigenvalue weighted by molar-refractivity contribution is 7.71. The Hall–Kier alpha value is -2.07. The smallest absolute Gasteiger partial charge is 0.277 e. The van der Waals surface area contributed by atoms with E-state index in [0.29, 0.717) is 6.54 Å². The number of carbonyl (C=O) groups is 1. The standard InChI is InChI=1S/C10H10N4O2S/c1-2-5-3-6(15)14(4-5)8-7(11)9(16)13-10(17)12-8/h1,5H,3-4,11H2,(H2,12,13,16,17). The zero-order valence-corrected chi connectivity index (χ0v) is 9.63. The van der Waals surface area contributed by atoms with Crippen LogP contribution in [0.15, 0.2) is 4.79 Å². The molecule has 0 spiro atoms. The van der Waals surface area contributed by atoms with Gasteiger partial charge in [-0.15, -0.1) is 12.3 Å². The van der Waals surface area contributed by atoms with Crippen molar-refractivity contribution in [1.29, 1.82) is 0 Å². The maximum atomic E-state index is 11.7. The summed E-state index contributed by atoms with van der Waals surface area (Å²) in [7, 11) is 0. The van der Waals surface area contributed by atoms with Gasteiger partial charge in [-0.3, -0.25) is 19.5 Å². The molecule has 1 aromatic heterocycles.